The predicted molar refractivity (Wildman–Crippen MR) is 200 cm³/mol. The molecule has 0 saturated heterocycles. The first kappa shape index (κ1) is 37.8. The lowest BCUT2D eigenvalue weighted by atomic mass is 9.73. The lowest BCUT2D eigenvalue weighted by Crippen LogP contribution is -2.28. The molecule has 2 aromatic heterocycles. The van der Waals surface area contributed by atoms with Crippen molar-refractivity contribution in [2.45, 2.75) is 151 Å². The number of hydrogen-bond acceptors (Lipinski definition) is 7. The Labute approximate surface area is 310 Å². The van der Waals surface area contributed by atoms with Crippen molar-refractivity contribution in [3.63, 3.8) is 0 Å². The molecule has 0 aliphatic heterocycles. The van der Waals surface area contributed by atoms with Gasteiger partial charge in [0.05, 0.1) is 25.6 Å². The highest BCUT2D eigenvalue weighted by molar-refractivity contribution is 6.21. The fourth-order valence-corrected chi connectivity index (χ4v) is 11.0. The lowest BCUT2D eigenvalue weighted by molar-refractivity contribution is -0.121. The number of nitrogens with zero attached hydrogens (tertiary/aromatic N) is 4. The minimum atomic E-state index is 0.263. The largest absolute Gasteiger partial charge is 0.480 e. The Kier molecular flexibility index (Phi) is 14.1. The summed E-state index contributed by atoms with van der Waals surface area (Å²) in [7, 11) is 3.25. The first-order chi connectivity index (χ1) is 24.4. The Bertz CT molecular complexity index is 1200. The molecule has 0 radical (unpaired) electrons. The van der Waals surface area contributed by atoms with E-state index in [1.165, 1.54) is 103 Å². The van der Waals surface area contributed by atoms with E-state index in [0.717, 1.165) is 37.1 Å². The number of carbonyl (C=O) groups excluding carboxylic acids is 1. The van der Waals surface area contributed by atoms with Gasteiger partial charge in [-0.2, -0.15) is 10.2 Å². The molecule has 4 saturated carbocycles. The van der Waals surface area contributed by atoms with Crippen LogP contribution >= 0.6 is 23.2 Å². The van der Waals surface area contributed by atoms with Crippen LogP contribution in [-0.4, -0.2) is 51.2 Å². The molecule has 0 amide bonds. The van der Waals surface area contributed by atoms with E-state index in [1.54, 1.807) is 14.2 Å². The average molecular weight is 728 g/mol. The van der Waals surface area contributed by atoms with E-state index in [4.69, 9.17) is 32.7 Å². The number of alkyl halides is 2. The van der Waals surface area contributed by atoms with Gasteiger partial charge in [-0.1, -0.05) is 0 Å². The van der Waals surface area contributed by atoms with Crippen molar-refractivity contribution in [3.8, 4) is 11.8 Å². The Morgan fingerprint density at radius 2 is 0.920 bits per heavy atom. The van der Waals surface area contributed by atoms with Crippen molar-refractivity contribution in [3.05, 3.63) is 35.7 Å². The van der Waals surface area contributed by atoms with Crippen molar-refractivity contribution in [1.82, 2.24) is 20.4 Å². The van der Waals surface area contributed by atoms with E-state index in [9.17, 15) is 4.79 Å². The molecule has 7 nitrogen and oxygen atoms in total. The number of methoxy groups -OCH3 is 2. The second-order valence-electron chi connectivity index (χ2n) is 16.4. The molecule has 0 bridgehead atoms. The van der Waals surface area contributed by atoms with E-state index < -0.39 is 0 Å². The summed E-state index contributed by atoms with van der Waals surface area (Å²) in [5.41, 5.74) is 2.19. The van der Waals surface area contributed by atoms with Gasteiger partial charge in [0.15, 0.2) is 0 Å². The zero-order chi connectivity index (χ0) is 34.9. The second kappa shape index (κ2) is 18.7. The summed E-state index contributed by atoms with van der Waals surface area (Å²) in [5.74, 6) is 6.40. The van der Waals surface area contributed by atoms with Crippen molar-refractivity contribution in [1.29, 1.82) is 0 Å². The number of aromatic nitrogens is 4. The van der Waals surface area contributed by atoms with Gasteiger partial charge < -0.3 is 9.47 Å². The molecule has 4 aliphatic rings. The molecule has 0 spiro atoms. The molecule has 0 aromatic carbocycles. The Morgan fingerprint density at radius 3 is 1.24 bits per heavy atom. The van der Waals surface area contributed by atoms with Crippen LogP contribution in [0, 0.1) is 35.5 Å². The van der Waals surface area contributed by atoms with E-state index in [1.807, 2.05) is 12.1 Å². The summed E-state index contributed by atoms with van der Waals surface area (Å²) >= 11 is 14.1. The van der Waals surface area contributed by atoms with Crippen LogP contribution in [-0.2, 0) is 4.79 Å². The highest BCUT2D eigenvalue weighted by atomic mass is 35.5. The van der Waals surface area contributed by atoms with Crippen molar-refractivity contribution in [2.24, 2.45) is 35.5 Å². The number of Topliss-reactive ketones (excluding diaryl/α,β-unsaturated/α-hetero) is 1. The smallest absolute Gasteiger partial charge is 0.233 e. The van der Waals surface area contributed by atoms with Crippen molar-refractivity contribution >= 4 is 29.0 Å². The average Bonchev–Trinajstić information content (AvgIpc) is 3.16. The summed E-state index contributed by atoms with van der Waals surface area (Å²) in [4.78, 5) is 13.2. The molecule has 9 heteroatoms. The number of carbonyl (C=O) groups is 1. The number of rotatable bonds is 14. The molecular formula is C41H60Cl2N4O3. The van der Waals surface area contributed by atoms with Crippen molar-refractivity contribution in [2.75, 3.05) is 14.2 Å². The first-order valence-electron chi connectivity index (χ1n) is 19.9. The summed E-state index contributed by atoms with van der Waals surface area (Å²) in [6.45, 7) is 0. The van der Waals surface area contributed by atoms with E-state index in [-0.39, 0.29) is 10.8 Å². The molecular weight excluding hydrogens is 667 g/mol. The zero-order valence-electron chi connectivity index (χ0n) is 30.5. The van der Waals surface area contributed by atoms with Crippen molar-refractivity contribution < 1.29 is 14.3 Å². The van der Waals surface area contributed by atoms with Gasteiger partial charge in [0.1, 0.15) is 5.78 Å². The topological polar surface area (TPSA) is 87.1 Å². The molecule has 0 N–H and O–H groups in total. The highest BCUT2D eigenvalue weighted by Gasteiger charge is 2.34. The van der Waals surface area contributed by atoms with Gasteiger partial charge in [0.2, 0.25) is 11.8 Å². The molecule has 2 atom stereocenters. The normalized spacial score (nSPS) is 31.8. The van der Waals surface area contributed by atoms with Crippen LogP contribution in [0.4, 0.5) is 0 Å². The lowest BCUT2D eigenvalue weighted by Gasteiger charge is -2.35. The first-order valence-corrected chi connectivity index (χ1v) is 20.8. The van der Waals surface area contributed by atoms with Gasteiger partial charge in [-0.3, -0.25) is 4.79 Å². The molecule has 276 valence electrons. The van der Waals surface area contributed by atoms with Gasteiger partial charge >= 0.3 is 0 Å². The minimum absolute atomic E-state index is 0.263. The SMILES string of the molecule is COc1ccc(C2CCC(CC(Cl)C3CCC(CC(=O)CC4CCC(C(Cl)CC5CCC(c6ccc(OC)nn6)CC5)CC4)CC3)CC2)nn1. The maximum absolute atomic E-state index is 13.2. The van der Waals surface area contributed by atoms with Crippen LogP contribution < -0.4 is 9.47 Å². The molecule has 2 unspecified atom stereocenters. The molecule has 6 rings (SSSR count). The maximum atomic E-state index is 13.2. The van der Waals surface area contributed by atoms with Gasteiger partial charge in [0, 0.05) is 47.6 Å². The summed E-state index contributed by atoms with van der Waals surface area (Å²) in [6, 6.07) is 7.98. The standard InChI is InChI=1S/C41H60Cl2N4O3/c1-49-40-21-19-38(44-46-40)33-15-7-29(8-16-33)25-36(42)31-11-3-27(4-12-31)23-35(48)24-28-5-13-32(14-6-28)37(43)26-30-9-17-34(18-10-30)39-20-22-41(50-2)47-45-39/h19-22,27-34,36-37H,3-18,23-26H2,1-2H3. The molecule has 4 aliphatic carbocycles. The zero-order valence-corrected chi connectivity index (χ0v) is 32.0. The number of ether oxygens (including phenoxy) is 2. The van der Waals surface area contributed by atoms with Crippen LogP contribution in [0.2, 0.25) is 0 Å². The Morgan fingerprint density at radius 1 is 0.560 bits per heavy atom. The summed E-state index contributed by atoms with van der Waals surface area (Å²) in [6.07, 6.45) is 22.8. The maximum Gasteiger partial charge on any atom is 0.233 e. The van der Waals surface area contributed by atoms with Crippen LogP contribution in [0.1, 0.15) is 152 Å². The second-order valence-corrected chi connectivity index (χ2v) is 17.6. The van der Waals surface area contributed by atoms with E-state index in [0.29, 0.717) is 64.9 Å². The Balaban J connectivity index is 0.819. The van der Waals surface area contributed by atoms with Gasteiger partial charge in [-0.05, 0) is 163 Å². The van der Waals surface area contributed by atoms with E-state index >= 15 is 0 Å². The Hall–Kier alpha value is -1.99. The third kappa shape index (κ3) is 10.5. The van der Waals surface area contributed by atoms with Gasteiger partial charge in [0.25, 0.3) is 0 Å². The van der Waals surface area contributed by atoms with Crippen LogP contribution in [0.15, 0.2) is 24.3 Å². The highest BCUT2D eigenvalue weighted by Crippen LogP contribution is 2.44. The quantitative estimate of drug-likeness (QED) is 0.179. The third-order valence-electron chi connectivity index (χ3n) is 13.2. The number of halogens is 2. The predicted octanol–water partition coefficient (Wildman–Crippen LogP) is 10.5. The van der Waals surface area contributed by atoms with Crippen LogP contribution in [0.5, 0.6) is 11.8 Å². The van der Waals surface area contributed by atoms with E-state index in [2.05, 4.69) is 32.5 Å². The van der Waals surface area contributed by atoms with Crippen LogP contribution in [0.3, 0.4) is 0 Å². The monoisotopic (exact) mass is 726 g/mol. The van der Waals surface area contributed by atoms with Gasteiger partial charge in [-0.25, -0.2) is 0 Å². The summed E-state index contributed by atoms with van der Waals surface area (Å²) in [5, 5.41) is 17.7. The minimum Gasteiger partial charge on any atom is -0.480 e. The fraction of sp³-hybridized carbons (Fsp3) is 0.780. The molecule has 50 heavy (non-hydrogen) atoms. The van der Waals surface area contributed by atoms with Crippen LogP contribution in [0.25, 0.3) is 0 Å². The molecule has 2 heterocycles. The molecule has 2 aromatic rings. The summed E-state index contributed by atoms with van der Waals surface area (Å²) < 4.78 is 10.3. The number of ketones is 1. The fourth-order valence-electron chi connectivity index (χ4n) is 9.96. The number of hydrogen-bond donors (Lipinski definition) is 0. The third-order valence-corrected chi connectivity index (χ3v) is 14.3. The molecule has 4 fully saturated rings. The van der Waals surface area contributed by atoms with Gasteiger partial charge in [-0.15, -0.1) is 33.4 Å².